The number of rotatable bonds is 51. The first-order valence-electron chi connectivity index (χ1n) is 32.4. The molecule has 0 aromatic carbocycles. The minimum Gasteiger partial charge on any atom is -0.466 e. The summed E-state index contributed by atoms with van der Waals surface area (Å²) in [4.78, 5) is 41.2. The SMILES string of the molecule is CCCCC/C=C\C/C=C\CCCCCCCC(=O)OCCCC12CCC3(CCCOC(=O)CCCN(CC)CC)CC(C1)CC(CCCOC(=O)CCC(OCCCCCCCC)OCCCCCCCC)(C2)C3. The van der Waals surface area contributed by atoms with Crippen LogP contribution in [0.2, 0.25) is 0 Å². The Morgan fingerprint density at radius 1 is 0.453 bits per heavy atom. The smallest absolute Gasteiger partial charge is 0.305 e. The van der Waals surface area contributed by atoms with Crippen LogP contribution >= 0.6 is 0 Å². The Hall–Kier alpha value is -2.23. The number of carbonyl (C=O) groups excluding carboxylic acids is 3. The number of carbonyl (C=O) groups is 3. The van der Waals surface area contributed by atoms with Gasteiger partial charge >= 0.3 is 17.9 Å². The summed E-state index contributed by atoms with van der Waals surface area (Å²) in [6.45, 7) is 16.9. The fourth-order valence-electron chi connectivity index (χ4n) is 13.6. The topological polar surface area (TPSA) is 101 Å². The summed E-state index contributed by atoms with van der Waals surface area (Å²) in [6.07, 6.45) is 53.9. The fourth-order valence-corrected chi connectivity index (χ4v) is 13.6. The van der Waals surface area contributed by atoms with Crippen molar-refractivity contribution in [3.63, 3.8) is 0 Å². The van der Waals surface area contributed by atoms with Gasteiger partial charge < -0.3 is 28.6 Å². The highest BCUT2D eigenvalue weighted by Crippen LogP contribution is 2.69. The normalized spacial score (nSPS) is 21.3. The van der Waals surface area contributed by atoms with Crippen LogP contribution in [0.1, 0.15) is 298 Å². The van der Waals surface area contributed by atoms with E-state index in [-0.39, 0.29) is 40.4 Å². The third-order valence-corrected chi connectivity index (χ3v) is 17.5. The van der Waals surface area contributed by atoms with Gasteiger partial charge in [0.05, 0.1) is 26.2 Å². The van der Waals surface area contributed by atoms with Gasteiger partial charge in [-0.15, -0.1) is 0 Å². The Morgan fingerprint density at radius 2 is 0.867 bits per heavy atom. The number of allylic oxidation sites excluding steroid dienone is 4. The van der Waals surface area contributed by atoms with Gasteiger partial charge in [0.15, 0.2) is 6.29 Å². The number of nitrogens with zero attached hydrogens (tertiary/aromatic N) is 1. The summed E-state index contributed by atoms with van der Waals surface area (Å²) >= 11 is 0. The molecule has 0 aromatic rings. The van der Waals surface area contributed by atoms with E-state index in [1.54, 1.807) is 0 Å². The molecule has 9 heteroatoms. The highest BCUT2D eigenvalue weighted by atomic mass is 16.7. The predicted octanol–water partition coefficient (Wildman–Crippen LogP) is 18.1. The van der Waals surface area contributed by atoms with E-state index in [1.807, 2.05) is 0 Å². The first kappa shape index (κ1) is 67.0. The molecule has 0 radical (unpaired) electrons. The molecule has 4 rings (SSSR count). The Morgan fingerprint density at radius 3 is 1.39 bits per heavy atom. The lowest BCUT2D eigenvalue weighted by atomic mass is 9.49. The van der Waals surface area contributed by atoms with Crippen LogP contribution in [-0.4, -0.2) is 81.8 Å². The highest BCUT2D eigenvalue weighted by Gasteiger charge is 2.58. The van der Waals surface area contributed by atoms with E-state index < -0.39 is 0 Å². The van der Waals surface area contributed by atoms with Gasteiger partial charge in [-0.1, -0.05) is 155 Å². The lowest BCUT2D eigenvalue weighted by Crippen LogP contribution is -2.45. The first-order valence-corrected chi connectivity index (χ1v) is 32.4. The Labute approximate surface area is 462 Å². The minimum absolute atomic E-state index is 0.0331. The molecule has 4 fully saturated rings. The van der Waals surface area contributed by atoms with Gasteiger partial charge in [0.25, 0.3) is 0 Å². The second kappa shape index (κ2) is 42.7. The molecule has 75 heavy (non-hydrogen) atoms. The Kier molecular flexibility index (Phi) is 38.2. The predicted molar refractivity (Wildman–Crippen MR) is 312 cm³/mol. The molecule has 4 saturated carbocycles. The summed E-state index contributed by atoms with van der Waals surface area (Å²) in [5, 5.41) is 0. The van der Waals surface area contributed by atoms with Crippen LogP contribution in [0.3, 0.4) is 0 Å². The molecule has 0 N–H and O–H groups in total. The van der Waals surface area contributed by atoms with Gasteiger partial charge in [0, 0.05) is 32.5 Å². The van der Waals surface area contributed by atoms with Crippen molar-refractivity contribution in [2.24, 2.45) is 22.2 Å². The van der Waals surface area contributed by atoms with Crippen LogP contribution in [0.5, 0.6) is 0 Å². The molecule has 0 aliphatic heterocycles. The van der Waals surface area contributed by atoms with Crippen LogP contribution < -0.4 is 0 Å². The van der Waals surface area contributed by atoms with Crippen LogP contribution in [0.25, 0.3) is 0 Å². The van der Waals surface area contributed by atoms with Crippen molar-refractivity contribution in [3.05, 3.63) is 24.3 Å². The molecule has 436 valence electrons. The number of ether oxygens (including phenoxy) is 5. The first-order chi connectivity index (χ1) is 36.6. The van der Waals surface area contributed by atoms with E-state index in [2.05, 4.69) is 63.8 Å². The van der Waals surface area contributed by atoms with Crippen molar-refractivity contribution in [2.75, 3.05) is 52.7 Å². The average molecular weight is 1050 g/mol. The summed E-state index contributed by atoms with van der Waals surface area (Å²) in [7, 11) is 0. The lowest BCUT2D eigenvalue weighted by Gasteiger charge is -2.56. The highest BCUT2D eigenvalue weighted by molar-refractivity contribution is 5.70. The van der Waals surface area contributed by atoms with Crippen molar-refractivity contribution < 1.29 is 38.1 Å². The monoisotopic (exact) mass is 1050 g/mol. The van der Waals surface area contributed by atoms with Gasteiger partial charge in [0.2, 0.25) is 0 Å². The Bertz CT molecular complexity index is 1480. The van der Waals surface area contributed by atoms with Gasteiger partial charge in [-0.05, 0) is 183 Å². The largest absolute Gasteiger partial charge is 0.466 e. The van der Waals surface area contributed by atoms with Crippen molar-refractivity contribution in [1.82, 2.24) is 4.90 Å². The second-order valence-corrected chi connectivity index (χ2v) is 24.2. The third-order valence-electron chi connectivity index (χ3n) is 17.5. The summed E-state index contributed by atoms with van der Waals surface area (Å²) in [5.74, 6) is 0.451. The number of fused-ring (bicyclic) bond motifs is 1. The Balaban J connectivity index is 1.48. The second-order valence-electron chi connectivity index (χ2n) is 24.2. The van der Waals surface area contributed by atoms with E-state index in [4.69, 9.17) is 23.7 Å². The molecule has 4 aliphatic rings. The average Bonchev–Trinajstić information content (AvgIpc) is 3.57. The zero-order valence-corrected chi connectivity index (χ0v) is 49.8. The zero-order valence-electron chi connectivity index (χ0n) is 49.8. The molecule has 0 heterocycles. The van der Waals surface area contributed by atoms with Gasteiger partial charge in [-0.3, -0.25) is 14.4 Å². The van der Waals surface area contributed by atoms with Crippen molar-refractivity contribution in [2.45, 2.75) is 304 Å². The molecule has 4 atom stereocenters. The van der Waals surface area contributed by atoms with Crippen LogP contribution in [-0.2, 0) is 38.1 Å². The van der Waals surface area contributed by atoms with Crippen molar-refractivity contribution >= 4 is 17.9 Å². The van der Waals surface area contributed by atoms with Crippen LogP contribution in [0, 0.1) is 22.2 Å². The summed E-state index contributed by atoms with van der Waals surface area (Å²) < 4.78 is 30.2. The van der Waals surface area contributed by atoms with E-state index >= 15 is 0 Å². The van der Waals surface area contributed by atoms with Gasteiger partial charge in [0.1, 0.15) is 0 Å². The maximum absolute atomic E-state index is 13.3. The molecule has 0 spiro atoms. The van der Waals surface area contributed by atoms with Crippen molar-refractivity contribution in [1.29, 1.82) is 0 Å². The maximum atomic E-state index is 13.3. The molecule has 0 saturated heterocycles. The van der Waals surface area contributed by atoms with Gasteiger partial charge in [-0.25, -0.2) is 0 Å². The van der Waals surface area contributed by atoms with E-state index in [9.17, 15) is 14.4 Å². The number of hydrogen-bond donors (Lipinski definition) is 0. The molecular formula is C66H119NO8. The summed E-state index contributed by atoms with van der Waals surface area (Å²) in [5.41, 5.74) is 0.756. The van der Waals surface area contributed by atoms with E-state index in [0.717, 1.165) is 103 Å². The van der Waals surface area contributed by atoms with Crippen molar-refractivity contribution in [3.8, 4) is 0 Å². The minimum atomic E-state index is -0.355. The molecule has 4 unspecified atom stereocenters. The quantitative estimate of drug-likeness (QED) is 0.0194. The molecular weight excluding hydrogens is 935 g/mol. The molecule has 4 bridgehead atoms. The van der Waals surface area contributed by atoms with Crippen LogP contribution in [0.4, 0.5) is 0 Å². The molecule has 9 nitrogen and oxygen atoms in total. The lowest BCUT2D eigenvalue weighted by molar-refractivity contribution is -0.159. The molecule has 0 aromatic heterocycles. The fraction of sp³-hybridized carbons (Fsp3) is 0.894. The van der Waals surface area contributed by atoms with E-state index in [1.165, 1.54) is 154 Å². The third kappa shape index (κ3) is 31.2. The molecule has 0 amide bonds. The number of esters is 3. The van der Waals surface area contributed by atoms with Crippen LogP contribution in [0.15, 0.2) is 24.3 Å². The number of unbranched alkanes of at least 4 members (excludes halogenated alkanes) is 18. The zero-order chi connectivity index (χ0) is 54.0. The van der Waals surface area contributed by atoms with E-state index in [0.29, 0.717) is 64.6 Å². The molecule has 4 aliphatic carbocycles. The number of hydrogen-bond acceptors (Lipinski definition) is 9. The summed E-state index contributed by atoms with van der Waals surface area (Å²) in [6, 6.07) is 0. The van der Waals surface area contributed by atoms with Gasteiger partial charge in [-0.2, -0.15) is 0 Å². The standard InChI is InChI=1S/C66H119NO8/c1-6-11-14-17-20-21-22-23-24-25-26-27-28-29-32-39-60(68)71-51-36-43-64-46-47-65(44-37-52-72-61(69)40-35-48-67(9-4)10-5)55-59(54-64)56-66(57-64,58-65)45-38-53-73-62(70)41-42-63(74-49-33-30-18-15-12-7-2)75-50-34-31-19-16-13-8-3/h20-21,23-24,59,63H,6-19,22,25-58H2,1-5H3/b21-20-,24-23-. The maximum Gasteiger partial charge on any atom is 0.305 e.